The lowest BCUT2D eigenvalue weighted by Crippen LogP contribution is -2.67. The van der Waals surface area contributed by atoms with Crippen molar-refractivity contribution < 1.29 is 14.3 Å². The molecule has 1 N–H and O–H groups in total. The van der Waals surface area contributed by atoms with Crippen molar-refractivity contribution in [3.63, 3.8) is 0 Å². The predicted octanol–water partition coefficient (Wildman–Crippen LogP) is -0.797. The summed E-state index contributed by atoms with van der Waals surface area (Å²) in [5.74, 6) is -0.253. The highest BCUT2D eigenvalue weighted by Crippen LogP contribution is 2.31. The number of nitrogens with one attached hydrogen (secondary N) is 1. The van der Waals surface area contributed by atoms with E-state index >= 15 is 0 Å². The number of hydrogen-bond donors (Lipinski definition) is 1. The van der Waals surface area contributed by atoms with Crippen LogP contribution in [-0.4, -0.2) is 35.9 Å². The second kappa shape index (κ2) is 2.56. The monoisotopic (exact) mass is 182 g/mol. The average molecular weight is 182 g/mol. The fourth-order valence-corrected chi connectivity index (χ4v) is 1.57. The molecule has 5 nitrogen and oxygen atoms in total. The summed E-state index contributed by atoms with van der Waals surface area (Å²) < 4.78 is 5.16. The largest absolute Gasteiger partial charge is 0.473 e. The van der Waals surface area contributed by atoms with Crippen molar-refractivity contribution in [2.24, 2.45) is 0 Å². The Morgan fingerprint density at radius 2 is 2.38 bits per heavy atom. The summed E-state index contributed by atoms with van der Waals surface area (Å²) in [6.45, 7) is 1.41. The van der Waals surface area contributed by atoms with Crippen LogP contribution >= 0.6 is 0 Å². The summed E-state index contributed by atoms with van der Waals surface area (Å²) >= 11 is 0. The van der Waals surface area contributed by atoms with Crippen LogP contribution in [0.3, 0.4) is 0 Å². The Bertz CT molecular complexity index is 311. The Balaban J connectivity index is 2.18. The lowest BCUT2D eigenvalue weighted by molar-refractivity contribution is -0.161. The second-order valence-corrected chi connectivity index (χ2v) is 3.06. The number of Topliss-reactive ketones (excluding diaryl/α,β-unsaturated/α-hetero) is 1. The summed E-state index contributed by atoms with van der Waals surface area (Å²) in [7, 11) is 1.69. The fourth-order valence-electron chi connectivity index (χ4n) is 1.57. The number of rotatable bonds is 2. The number of ketones is 1. The van der Waals surface area contributed by atoms with E-state index in [9.17, 15) is 9.59 Å². The molecule has 0 aromatic rings. The van der Waals surface area contributed by atoms with Crippen LogP contribution in [-0.2, 0) is 14.3 Å². The standard InChI is InChI=1S/C8H10N2O3/c1-4(11)5-3-13-8-6(9-2)7(12)10(5)8/h3,6,8-9H,1-2H3. The average Bonchev–Trinajstić information content (AvgIpc) is 2.45. The maximum Gasteiger partial charge on any atom is 0.253 e. The number of nitrogens with zero attached hydrogens (tertiary/aromatic N) is 1. The van der Waals surface area contributed by atoms with Gasteiger partial charge < -0.3 is 10.1 Å². The molecule has 0 bridgehead atoms. The Morgan fingerprint density at radius 3 is 2.92 bits per heavy atom. The van der Waals surface area contributed by atoms with Crippen LogP contribution in [0.2, 0.25) is 0 Å². The lowest BCUT2D eigenvalue weighted by atomic mass is 10.0. The normalized spacial score (nSPS) is 30.5. The molecule has 2 rings (SSSR count). The van der Waals surface area contributed by atoms with Crippen molar-refractivity contribution >= 4 is 11.7 Å². The molecule has 1 fully saturated rings. The number of carbonyl (C=O) groups is 2. The minimum absolute atomic E-state index is 0.105. The van der Waals surface area contributed by atoms with Gasteiger partial charge in [0.25, 0.3) is 5.91 Å². The Kier molecular flexibility index (Phi) is 1.63. The number of hydrogen-bond acceptors (Lipinski definition) is 4. The van der Waals surface area contributed by atoms with Gasteiger partial charge in [0.1, 0.15) is 18.0 Å². The number of ether oxygens (including phenoxy) is 1. The van der Waals surface area contributed by atoms with Crippen molar-refractivity contribution in [2.45, 2.75) is 19.2 Å². The number of carbonyl (C=O) groups excluding carboxylic acids is 2. The number of fused-ring (bicyclic) bond motifs is 1. The summed E-state index contributed by atoms with van der Waals surface area (Å²) in [4.78, 5) is 23.8. The lowest BCUT2D eigenvalue weighted by Gasteiger charge is -2.40. The maximum absolute atomic E-state index is 11.4. The van der Waals surface area contributed by atoms with E-state index in [1.807, 2.05) is 0 Å². The fraction of sp³-hybridized carbons (Fsp3) is 0.500. The molecule has 2 atom stereocenters. The third-order valence-electron chi connectivity index (χ3n) is 2.29. The molecule has 0 aromatic carbocycles. The van der Waals surface area contributed by atoms with E-state index in [-0.39, 0.29) is 24.0 Å². The predicted molar refractivity (Wildman–Crippen MR) is 43.3 cm³/mol. The van der Waals surface area contributed by atoms with Gasteiger partial charge in [-0.2, -0.15) is 0 Å². The molecule has 2 heterocycles. The van der Waals surface area contributed by atoms with Gasteiger partial charge in [0.05, 0.1) is 0 Å². The second-order valence-electron chi connectivity index (χ2n) is 3.06. The van der Waals surface area contributed by atoms with Gasteiger partial charge in [0.15, 0.2) is 5.78 Å². The van der Waals surface area contributed by atoms with E-state index in [2.05, 4.69) is 5.32 Å². The molecule has 0 spiro atoms. The van der Waals surface area contributed by atoms with Crippen molar-refractivity contribution in [1.29, 1.82) is 0 Å². The van der Waals surface area contributed by atoms with E-state index < -0.39 is 0 Å². The van der Waals surface area contributed by atoms with E-state index in [1.165, 1.54) is 18.1 Å². The Labute approximate surface area is 75.3 Å². The highest BCUT2D eigenvalue weighted by molar-refractivity contribution is 6.02. The first kappa shape index (κ1) is 8.25. The highest BCUT2D eigenvalue weighted by Gasteiger charge is 2.53. The Hall–Kier alpha value is -1.36. The van der Waals surface area contributed by atoms with Gasteiger partial charge in [0, 0.05) is 6.92 Å². The van der Waals surface area contributed by atoms with Crippen LogP contribution in [0.25, 0.3) is 0 Å². The smallest absolute Gasteiger partial charge is 0.253 e. The zero-order chi connectivity index (χ0) is 9.59. The van der Waals surface area contributed by atoms with Crippen LogP contribution in [0.15, 0.2) is 12.0 Å². The van der Waals surface area contributed by atoms with Crippen LogP contribution < -0.4 is 5.32 Å². The third-order valence-corrected chi connectivity index (χ3v) is 2.29. The molecule has 5 heteroatoms. The van der Waals surface area contributed by atoms with Crippen molar-refractivity contribution in [1.82, 2.24) is 10.2 Å². The van der Waals surface area contributed by atoms with Crippen LogP contribution in [0, 0.1) is 0 Å². The van der Waals surface area contributed by atoms with Crippen LogP contribution in [0.4, 0.5) is 0 Å². The highest BCUT2D eigenvalue weighted by atomic mass is 16.5. The van der Waals surface area contributed by atoms with Crippen molar-refractivity contribution in [2.75, 3.05) is 7.05 Å². The summed E-state index contributed by atoms with van der Waals surface area (Å²) in [6.07, 6.45) is 1.03. The van der Waals surface area contributed by atoms with Gasteiger partial charge in [0.2, 0.25) is 6.23 Å². The zero-order valence-corrected chi connectivity index (χ0v) is 7.40. The molecule has 2 unspecified atom stereocenters. The minimum atomic E-state index is -0.323. The van der Waals surface area contributed by atoms with Crippen LogP contribution in [0.5, 0.6) is 0 Å². The molecule has 2 aliphatic heterocycles. The quantitative estimate of drug-likeness (QED) is 0.568. The SMILES string of the molecule is CNC1C(=O)N2C(C(C)=O)=COC12. The molecule has 70 valence electrons. The Morgan fingerprint density at radius 1 is 1.69 bits per heavy atom. The first-order valence-electron chi connectivity index (χ1n) is 4.03. The zero-order valence-electron chi connectivity index (χ0n) is 7.40. The van der Waals surface area contributed by atoms with Gasteiger partial charge in [-0.25, -0.2) is 0 Å². The van der Waals surface area contributed by atoms with Crippen molar-refractivity contribution in [3.8, 4) is 0 Å². The van der Waals surface area contributed by atoms with Crippen LogP contribution in [0.1, 0.15) is 6.92 Å². The first-order valence-corrected chi connectivity index (χ1v) is 4.03. The molecular weight excluding hydrogens is 172 g/mol. The summed E-state index contributed by atoms with van der Waals surface area (Å²) in [6, 6.07) is -0.312. The number of likely N-dealkylation sites (N-methyl/N-ethyl adjacent to an activating group) is 1. The van der Waals surface area contributed by atoms with E-state index in [1.54, 1.807) is 7.05 Å². The van der Waals surface area contributed by atoms with E-state index in [0.717, 1.165) is 0 Å². The molecule has 0 saturated carbocycles. The first-order chi connectivity index (χ1) is 6.16. The van der Waals surface area contributed by atoms with Gasteiger partial charge in [-0.3, -0.25) is 14.5 Å². The van der Waals surface area contributed by atoms with E-state index in [0.29, 0.717) is 5.70 Å². The molecule has 0 radical (unpaired) electrons. The van der Waals surface area contributed by atoms with Gasteiger partial charge >= 0.3 is 0 Å². The molecular formula is C8H10N2O3. The van der Waals surface area contributed by atoms with Crippen molar-refractivity contribution in [3.05, 3.63) is 12.0 Å². The number of amides is 1. The topological polar surface area (TPSA) is 58.6 Å². The molecule has 0 aliphatic carbocycles. The maximum atomic E-state index is 11.4. The third kappa shape index (κ3) is 0.904. The molecule has 13 heavy (non-hydrogen) atoms. The van der Waals surface area contributed by atoms with Gasteiger partial charge in [-0.05, 0) is 7.05 Å². The molecule has 1 saturated heterocycles. The molecule has 2 aliphatic rings. The summed E-state index contributed by atoms with van der Waals surface area (Å²) in [5.41, 5.74) is 0.349. The minimum Gasteiger partial charge on any atom is -0.473 e. The number of allylic oxidation sites excluding steroid dienone is 1. The summed E-state index contributed by atoms with van der Waals surface area (Å²) in [5, 5.41) is 2.82. The van der Waals surface area contributed by atoms with E-state index in [4.69, 9.17) is 4.74 Å². The molecule has 1 amide bonds. The molecule has 0 aromatic heterocycles. The van der Waals surface area contributed by atoms with Gasteiger partial charge in [-0.1, -0.05) is 0 Å². The number of β-lactam (4-membered cyclic amide) rings is 1. The van der Waals surface area contributed by atoms with Gasteiger partial charge in [-0.15, -0.1) is 0 Å².